The molecule has 0 aliphatic rings. The lowest BCUT2D eigenvalue weighted by molar-refractivity contribution is -0.116. The van der Waals surface area contributed by atoms with Gasteiger partial charge in [0.2, 0.25) is 5.91 Å². The highest BCUT2D eigenvalue weighted by Gasteiger charge is 2.14. The molecule has 0 aromatic heterocycles. The number of hydrogen-bond acceptors (Lipinski definition) is 2. The molecule has 1 unspecified atom stereocenters. The van der Waals surface area contributed by atoms with E-state index in [2.05, 4.69) is 29.7 Å². The van der Waals surface area contributed by atoms with Crippen LogP contribution in [0.2, 0.25) is 0 Å². The summed E-state index contributed by atoms with van der Waals surface area (Å²) < 4.78 is 0. The van der Waals surface area contributed by atoms with Gasteiger partial charge in [0.15, 0.2) is 0 Å². The van der Waals surface area contributed by atoms with Gasteiger partial charge in [-0.3, -0.25) is 4.79 Å². The van der Waals surface area contributed by atoms with Gasteiger partial charge >= 0.3 is 0 Å². The van der Waals surface area contributed by atoms with Crippen LogP contribution in [0.15, 0.2) is 60.7 Å². The molecule has 0 saturated heterocycles. The zero-order valence-electron chi connectivity index (χ0n) is 14.3. The van der Waals surface area contributed by atoms with Gasteiger partial charge < -0.3 is 10.6 Å². The quantitative estimate of drug-likeness (QED) is 0.718. The first kappa shape index (κ1) is 16.1. The van der Waals surface area contributed by atoms with Crippen molar-refractivity contribution >= 4 is 28.1 Å². The van der Waals surface area contributed by atoms with Crippen LogP contribution >= 0.6 is 0 Å². The van der Waals surface area contributed by atoms with Gasteiger partial charge in [0.05, 0.1) is 0 Å². The van der Waals surface area contributed by atoms with Crippen LogP contribution in [0.25, 0.3) is 10.8 Å². The van der Waals surface area contributed by atoms with Crippen molar-refractivity contribution in [2.45, 2.75) is 26.8 Å². The number of nitrogens with one attached hydrogen (secondary N) is 2. The van der Waals surface area contributed by atoms with Crippen molar-refractivity contribution in [1.82, 2.24) is 0 Å². The molecule has 1 atom stereocenters. The van der Waals surface area contributed by atoms with Gasteiger partial charge in [-0.05, 0) is 55.3 Å². The molecular formula is C21H22N2O. The second-order valence-electron chi connectivity index (χ2n) is 6.24. The van der Waals surface area contributed by atoms with Crippen LogP contribution in [-0.4, -0.2) is 11.9 Å². The minimum atomic E-state index is -0.321. The molecule has 1 amide bonds. The molecule has 3 rings (SSSR count). The lowest BCUT2D eigenvalue weighted by Crippen LogP contribution is -2.32. The number of fused-ring (bicyclic) bond motifs is 1. The molecule has 3 heteroatoms. The molecule has 24 heavy (non-hydrogen) atoms. The van der Waals surface area contributed by atoms with Crippen molar-refractivity contribution in [3.63, 3.8) is 0 Å². The van der Waals surface area contributed by atoms with Gasteiger partial charge in [-0.1, -0.05) is 48.0 Å². The molecule has 122 valence electrons. The molecule has 0 radical (unpaired) electrons. The first-order chi connectivity index (χ1) is 11.5. The molecule has 0 aliphatic heterocycles. The summed E-state index contributed by atoms with van der Waals surface area (Å²) in [6, 6.07) is 19.9. The van der Waals surface area contributed by atoms with E-state index in [-0.39, 0.29) is 11.9 Å². The molecule has 0 bridgehead atoms. The van der Waals surface area contributed by atoms with Gasteiger partial charge in [0, 0.05) is 11.4 Å². The Hall–Kier alpha value is -2.81. The average Bonchev–Trinajstić information content (AvgIpc) is 2.57. The maximum absolute atomic E-state index is 12.5. The molecule has 3 aromatic rings. The Labute approximate surface area is 142 Å². The second-order valence-corrected chi connectivity index (χ2v) is 6.24. The van der Waals surface area contributed by atoms with Crippen LogP contribution in [0.1, 0.15) is 18.1 Å². The van der Waals surface area contributed by atoms with Crippen molar-refractivity contribution in [3.05, 3.63) is 71.8 Å². The summed E-state index contributed by atoms with van der Waals surface area (Å²) in [5.41, 5.74) is 4.15. The number of carbonyl (C=O) groups is 1. The van der Waals surface area contributed by atoms with Gasteiger partial charge in [0.1, 0.15) is 6.04 Å². The summed E-state index contributed by atoms with van der Waals surface area (Å²) >= 11 is 0. The number of anilines is 2. The lowest BCUT2D eigenvalue weighted by Gasteiger charge is -2.17. The Morgan fingerprint density at radius 2 is 1.67 bits per heavy atom. The summed E-state index contributed by atoms with van der Waals surface area (Å²) in [6.07, 6.45) is 0. The summed E-state index contributed by atoms with van der Waals surface area (Å²) in [7, 11) is 0. The average molecular weight is 318 g/mol. The number of benzene rings is 3. The van der Waals surface area contributed by atoms with Gasteiger partial charge in [-0.15, -0.1) is 0 Å². The van der Waals surface area contributed by atoms with Crippen LogP contribution in [-0.2, 0) is 4.79 Å². The van der Waals surface area contributed by atoms with Crippen molar-refractivity contribution in [1.29, 1.82) is 0 Å². The van der Waals surface area contributed by atoms with E-state index in [1.807, 2.05) is 62.4 Å². The molecule has 0 heterocycles. The van der Waals surface area contributed by atoms with Crippen LogP contribution in [0, 0.1) is 13.8 Å². The number of rotatable bonds is 4. The fourth-order valence-electron chi connectivity index (χ4n) is 2.79. The van der Waals surface area contributed by atoms with Crippen LogP contribution < -0.4 is 10.6 Å². The predicted octanol–water partition coefficient (Wildman–Crippen LogP) is 4.90. The number of amides is 1. The Morgan fingerprint density at radius 1 is 0.917 bits per heavy atom. The van der Waals surface area contributed by atoms with E-state index in [0.717, 1.165) is 27.7 Å². The van der Waals surface area contributed by atoms with Crippen LogP contribution in [0.3, 0.4) is 0 Å². The van der Waals surface area contributed by atoms with E-state index in [1.165, 1.54) is 5.56 Å². The standard InChI is InChI=1S/C21H22N2O/c1-14-8-11-20(15(2)12-14)22-16(3)21(24)23-19-10-9-17-6-4-5-7-18(17)13-19/h4-13,16,22H,1-3H3,(H,23,24). The zero-order valence-corrected chi connectivity index (χ0v) is 14.3. The lowest BCUT2D eigenvalue weighted by atomic mass is 10.1. The second kappa shape index (κ2) is 6.75. The minimum absolute atomic E-state index is 0.0507. The Bertz CT molecular complexity index is 886. The van der Waals surface area contributed by atoms with Gasteiger partial charge in [-0.25, -0.2) is 0 Å². The smallest absolute Gasteiger partial charge is 0.246 e. The molecule has 3 aromatic carbocycles. The highest BCUT2D eigenvalue weighted by atomic mass is 16.2. The summed E-state index contributed by atoms with van der Waals surface area (Å²) in [5, 5.41) is 8.55. The number of hydrogen-bond donors (Lipinski definition) is 2. The van der Waals surface area contributed by atoms with Crippen LogP contribution in [0.4, 0.5) is 11.4 Å². The number of aryl methyl sites for hydroxylation is 2. The van der Waals surface area contributed by atoms with Gasteiger partial charge in [0.25, 0.3) is 0 Å². The molecule has 0 aliphatic carbocycles. The molecule has 2 N–H and O–H groups in total. The van der Waals surface area contributed by atoms with E-state index in [4.69, 9.17) is 0 Å². The molecule has 0 fully saturated rings. The highest BCUT2D eigenvalue weighted by Crippen LogP contribution is 2.20. The SMILES string of the molecule is Cc1ccc(NC(C)C(=O)Nc2ccc3ccccc3c2)c(C)c1. The third-order valence-electron chi connectivity index (χ3n) is 4.16. The van der Waals surface area contributed by atoms with E-state index in [1.54, 1.807) is 0 Å². The summed E-state index contributed by atoms with van der Waals surface area (Å²) in [5.74, 6) is -0.0507. The van der Waals surface area contributed by atoms with E-state index in [0.29, 0.717) is 0 Å². The van der Waals surface area contributed by atoms with Crippen molar-refractivity contribution in [2.75, 3.05) is 10.6 Å². The maximum atomic E-state index is 12.5. The highest BCUT2D eigenvalue weighted by molar-refractivity contribution is 5.98. The Kier molecular flexibility index (Phi) is 4.52. The predicted molar refractivity (Wildman–Crippen MR) is 102 cm³/mol. The molecular weight excluding hydrogens is 296 g/mol. The zero-order chi connectivity index (χ0) is 17.1. The minimum Gasteiger partial charge on any atom is -0.374 e. The topological polar surface area (TPSA) is 41.1 Å². The fraction of sp³-hybridized carbons (Fsp3) is 0.190. The van der Waals surface area contributed by atoms with Gasteiger partial charge in [-0.2, -0.15) is 0 Å². The Balaban J connectivity index is 1.70. The van der Waals surface area contributed by atoms with Crippen molar-refractivity contribution in [3.8, 4) is 0 Å². The monoisotopic (exact) mass is 318 g/mol. The first-order valence-electron chi connectivity index (χ1n) is 8.16. The van der Waals surface area contributed by atoms with E-state index in [9.17, 15) is 4.79 Å². The third kappa shape index (κ3) is 3.57. The fourth-order valence-corrected chi connectivity index (χ4v) is 2.79. The number of carbonyl (C=O) groups excluding carboxylic acids is 1. The van der Waals surface area contributed by atoms with Crippen molar-refractivity contribution in [2.24, 2.45) is 0 Å². The largest absolute Gasteiger partial charge is 0.374 e. The molecule has 3 nitrogen and oxygen atoms in total. The summed E-state index contributed by atoms with van der Waals surface area (Å²) in [4.78, 5) is 12.5. The summed E-state index contributed by atoms with van der Waals surface area (Å²) in [6.45, 7) is 5.98. The third-order valence-corrected chi connectivity index (χ3v) is 4.16. The van der Waals surface area contributed by atoms with E-state index >= 15 is 0 Å². The molecule has 0 spiro atoms. The Morgan fingerprint density at radius 3 is 2.42 bits per heavy atom. The maximum Gasteiger partial charge on any atom is 0.246 e. The first-order valence-corrected chi connectivity index (χ1v) is 8.16. The van der Waals surface area contributed by atoms with Crippen molar-refractivity contribution < 1.29 is 4.79 Å². The molecule has 0 saturated carbocycles. The van der Waals surface area contributed by atoms with E-state index < -0.39 is 0 Å². The van der Waals surface area contributed by atoms with Crippen LogP contribution in [0.5, 0.6) is 0 Å². The normalized spacial score (nSPS) is 12.0.